The zero-order chi connectivity index (χ0) is 22.0. The van der Waals surface area contributed by atoms with Gasteiger partial charge in [0, 0.05) is 13.0 Å². The Hall–Kier alpha value is -2.34. The molecule has 0 saturated carbocycles. The number of hydrogen-bond donors (Lipinski definition) is 5. The van der Waals surface area contributed by atoms with Gasteiger partial charge in [-0.15, -0.1) is 0 Å². The molecular formula is C17H29N5O6S. The largest absolute Gasteiger partial charge is 0.480 e. The molecule has 0 aromatic rings. The molecule has 11 nitrogen and oxygen atoms in total. The minimum atomic E-state index is -1.14. The number of nitrogens with zero attached hydrogens (tertiary/aromatic N) is 1. The third kappa shape index (κ3) is 7.89. The summed E-state index contributed by atoms with van der Waals surface area (Å²) in [6, 6.07) is -2.93. The van der Waals surface area contributed by atoms with Gasteiger partial charge in [-0.05, 0) is 37.7 Å². The second-order valence-corrected chi connectivity index (χ2v) is 7.69. The van der Waals surface area contributed by atoms with E-state index in [9.17, 15) is 29.1 Å². The van der Waals surface area contributed by atoms with Gasteiger partial charge in [-0.25, -0.2) is 4.79 Å². The summed E-state index contributed by atoms with van der Waals surface area (Å²) in [5.41, 5.74) is 10.4. The maximum absolute atomic E-state index is 12.9. The number of hydrogen-bond acceptors (Lipinski definition) is 7. The first kappa shape index (κ1) is 24.7. The van der Waals surface area contributed by atoms with Crippen molar-refractivity contribution in [3.05, 3.63) is 0 Å². The number of aliphatic carboxylic acids is 1. The molecule has 1 fully saturated rings. The monoisotopic (exact) mass is 431 g/mol. The van der Waals surface area contributed by atoms with Crippen molar-refractivity contribution in [3.8, 4) is 0 Å². The molecule has 12 heteroatoms. The number of nitrogens with two attached hydrogens (primary N) is 2. The van der Waals surface area contributed by atoms with Crippen LogP contribution in [0.4, 0.5) is 0 Å². The van der Waals surface area contributed by atoms with Crippen LogP contribution in [0, 0.1) is 0 Å². The van der Waals surface area contributed by atoms with Gasteiger partial charge in [-0.1, -0.05) is 0 Å². The van der Waals surface area contributed by atoms with Crippen LogP contribution in [-0.2, 0) is 24.0 Å². The smallest absolute Gasteiger partial charge is 0.326 e. The van der Waals surface area contributed by atoms with Crippen LogP contribution in [0.5, 0.6) is 0 Å². The zero-order valence-electron chi connectivity index (χ0n) is 16.4. The molecule has 7 N–H and O–H groups in total. The van der Waals surface area contributed by atoms with E-state index >= 15 is 0 Å². The molecule has 0 radical (unpaired) electrons. The van der Waals surface area contributed by atoms with Gasteiger partial charge in [0.1, 0.15) is 18.1 Å². The number of nitrogens with one attached hydrogen (secondary N) is 2. The molecule has 4 amide bonds. The number of thioether (sulfide) groups is 1. The maximum Gasteiger partial charge on any atom is 0.326 e. The van der Waals surface area contributed by atoms with Crippen molar-refractivity contribution in [2.24, 2.45) is 11.5 Å². The average molecular weight is 432 g/mol. The van der Waals surface area contributed by atoms with E-state index in [-0.39, 0.29) is 32.4 Å². The van der Waals surface area contributed by atoms with E-state index in [1.807, 2.05) is 6.26 Å². The Kier molecular flexibility index (Phi) is 10.5. The SMILES string of the molecule is CSCCC(NC(=O)C1CCCN1C(=O)C(CCC(N)=O)NC(=O)CN)C(=O)O. The molecule has 164 valence electrons. The third-order valence-electron chi connectivity index (χ3n) is 4.56. The van der Waals surface area contributed by atoms with Crippen LogP contribution in [0.2, 0.25) is 0 Å². The predicted octanol–water partition coefficient (Wildman–Crippen LogP) is -1.99. The molecule has 1 saturated heterocycles. The molecule has 0 spiro atoms. The molecule has 29 heavy (non-hydrogen) atoms. The van der Waals surface area contributed by atoms with Crippen molar-refractivity contribution in [3.63, 3.8) is 0 Å². The van der Waals surface area contributed by atoms with Gasteiger partial charge in [0.2, 0.25) is 23.6 Å². The minimum Gasteiger partial charge on any atom is -0.480 e. The number of carboxylic acid groups (broad SMARTS) is 1. The summed E-state index contributed by atoms with van der Waals surface area (Å²) < 4.78 is 0. The van der Waals surface area contributed by atoms with Crippen LogP contribution in [0.25, 0.3) is 0 Å². The first-order chi connectivity index (χ1) is 13.7. The van der Waals surface area contributed by atoms with Gasteiger partial charge in [-0.3, -0.25) is 19.2 Å². The minimum absolute atomic E-state index is 0.0176. The Bertz CT molecular complexity index is 631. The van der Waals surface area contributed by atoms with Crippen LogP contribution in [0.15, 0.2) is 0 Å². The number of rotatable bonds is 12. The summed E-state index contributed by atoms with van der Waals surface area (Å²) in [5.74, 6) is -2.86. The van der Waals surface area contributed by atoms with E-state index in [2.05, 4.69) is 10.6 Å². The van der Waals surface area contributed by atoms with Gasteiger partial charge in [0.05, 0.1) is 6.54 Å². The number of carbonyl (C=O) groups excluding carboxylic acids is 4. The molecule has 1 heterocycles. The highest BCUT2D eigenvalue weighted by Crippen LogP contribution is 2.20. The third-order valence-corrected chi connectivity index (χ3v) is 5.21. The van der Waals surface area contributed by atoms with Crippen molar-refractivity contribution in [1.29, 1.82) is 0 Å². The summed E-state index contributed by atoms with van der Waals surface area (Å²) in [7, 11) is 0. The second-order valence-electron chi connectivity index (χ2n) is 6.70. The van der Waals surface area contributed by atoms with Crippen LogP contribution >= 0.6 is 11.8 Å². The molecule has 1 rings (SSSR count). The Morgan fingerprint density at radius 3 is 2.41 bits per heavy atom. The van der Waals surface area contributed by atoms with Crippen LogP contribution in [-0.4, -0.2) is 82.8 Å². The first-order valence-corrected chi connectivity index (χ1v) is 10.7. The second kappa shape index (κ2) is 12.3. The summed E-state index contributed by atoms with van der Waals surface area (Å²) in [6.45, 7) is -0.0506. The lowest BCUT2D eigenvalue weighted by molar-refractivity contribution is -0.145. The quantitative estimate of drug-likeness (QED) is 0.235. The Morgan fingerprint density at radius 2 is 1.86 bits per heavy atom. The summed E-state index contributed by atoms with van der Waals surface area (Å²) >= 11 is 1.46. The summed E-state index contributed by atoms with van der Waals surface area (Å²) in [5, 5.41) is 14.2. The van der Waals surface area contributed by atoms with E-state index in [0.717, 1.165) is 0 Å². The Balaban J connectivity index is 2.88. The van der Waals surface area contributed by atoms with Gasteiger partial charge in [0.25, 0.3) is 0 Å². The van der Waals surface area contributed by atoms with Crippen molar-refractivity contribution in [2.45, 2.75) is 50.2 Å². The fraction of sp³-hybridized carbons (Fsp3) is 0.706. The molecule has 1 aliphatic heterocycles. The van der Waals surface area contributed by atoms with Crippen LogP contribution < -0.4 is 22.1 Å². The molecule has 0 aromatic carbocycles. The molecule has 0 aromatic heterocycles. The maximum atomic E-state index is 12.9. The Morgan fingerprint density at radius 1 is 1.17 bits per heavy atom. The number of amides is 4. The molecule has 0 aliphatic carbocycles. The van der Waals surface area contributed by atoms with Crippen molar-refractivity contribution >= 4 is 41.4 Å². The lowest BCUT2D eigenvalue weighted by Gasteiger charge is -2.29. The van der Waals surface area contributed by atoms with Crippen molar-refractivity contribution in [1.82, 2.24) is 15.5 Å². The molecule has 0 bridgehead atoms. The molecule has 1 aliphatic rings. The van der Waals surface area contributed by atoms with Gasteiger partial charge >= 0.3 is 5.97 Å². The average Bonchev–Trinajstić information content (AvgIpc) is 3.16. The fourth-order valence-corrected chi connectivity index (χ4v) is 3.53. The number of carbonyl (C=O) groups is 5. The number of likely N-dealkylation sites (tertiary alicyclic amines) is 1. The lowest BCUT2D eigenvalue weighted by atomic mass is 10.1. The predicted molar refractivity (Wildman–Crippen MR) is 107 cm³/mol. The summed E-state index contributed by atoms with van der Waals surface area (Å²) in [4.78, 5) is 61.0. The normalized spacial score (nSPS) is 18.0. The fourth-order valence-electron chi connectivity index (χ4n) is 3.06. The van der Waals surface area contributed by atoms with Crippen LogP contribution in [0.3, 0.4) is 0 Å². The van der Waals surface area contributed by atoms with Gasteiger partial charge in [0.15, 0.2) is 0 Å². The molecule has 3 unspecified atom stereocenters. The highest BCUT2D eigenvalue weighted by molar-refractivity contribution is 7.98. The molecule has 3 atom stereocenters. The van der Waals surface area contributed by atoms with E-state index < -0.39 is 47.7 Å². The van der Waals surface area contributed by atoms with Gasteiger partial charge in [-0.2, -0.15) is 11.8 Å². The highest BCUT2D eigenvalue weighted by Gasteiger charge is 2.38. The summed E-state index contributed by atoms with van der Waals surface area (Å²) in [6.07, 6.45) is 2.88. The van der Waals surface area contributed by atoms with Crippen LogP contribution in [0.1, 0.15) is 32.1 Å². The zero-order valence-corrected chi connectivity index (χ0v) is 17.2. The number of carboxylic acids is 1. The van der Waals surface area contributed by atoms with E-state index in [1.165, 1.54) is 16.7 Å². The molecular weight excluding hydrogens is 402 g/mol. The topological polar surface area (TPSA) is 185 Å². The standard InChI is InChI=1S/C17H29N5O6S/c1-29-8-6-11(17(27)28)21-15(25)12-3-2-7-22(12)16(26)10(4-5-13(19)23)20-14(24)9-18/h10-12H,2-9,18H2,1H3,(H2,19,23)(H,20,24)(H,21,25)(H,27,28). The van der Waals surface area contributed by atoms with Crippen molar-refractivity contribution < 1.29 is 29.1 Å². The number of primary amides is 1. The van der Waals surface area contributed by atoms with E-state index in [1.54, 1.807) is 0 Å². The van der Waals surface area contributed by atoms with Gasteiger partial charge < -0.3 is 32.1 Å². The van der Waals surface area contributed by atoms with E-state index in [0.29, 0.717) is 18.6 Å². The Labute approximate surface area is 173 Å². The highest BCUT2D eigenvalue weighted by atomic mass is 32.2. The van der Waals surface area contributed by atoms with Crippen molar-refractivity contribution in [2.75, 3.05) is 25.1 Å². The first-order valence-electron chi connectivity index (χ1n) is 9.31. The lowest BCUT2D eigenvalue weighted by Crippen LogP contribution is -2.56. The van der Waals surface area contributed by atoms with E-state index in [4.69, 9.17) is 11.5 Å².